The maximum Gasteiger partial charge on any atom is 0.321 e. The first-order chi connectivity index (χ1) is 8.10. The number of rotatable bonds is 6. The molecule has 4 heteroatoms. The minimum absolute atomic E-state index is 0.198. The fourth-order valence-electron chi connectivity index (χ4n) is 1.91. The predicted molar refractivity (Wildman–Crippen MR) is 64.4 cm³/mol. The molecule has 0 aliphatic heterocycles. The number of carboxylic acids is 1. The van der Waals surface area contributed by atoms with Crippen LogP contribution in [0.15, 0.2) is 24.3 Å². The van der Waals surface area contributed by atoms with Gasteiger partial charge < -0.3 is 5.11 Å². The zero-order valence-corrected chi connectivity index (χ0v) is 10.2. The second-order valence-corrected chi connectivity index (χ2v) is 3.87. The summed E-state index contributed by atoms with van der Waals surface area (Å²) in [5, 5.41) is 9.19. The van der Waals surface area contributed by atoms with Gasteiger partial charge in [0.15, 0.2) is 0 Å². The van der Waals surface area contributed by atoms with E-state index in [-0.39, 0.29) is 12.2 Å². The van der Waals surface area contributed by atoms with Crippen LogP contribution in [-0.4, -0.2) is 35.1 Å². The Labute approximate surface area is 101 Å². The lowest BCUT2D eigenvalue weighted by atomic mass is 10.0. The van der Waals surface area contributed by atoms with Gasteiger partial charge in [0.1, 0.15) is 11.9 Å². The SMILES string of the molecule is CCN(CC)[C@H](Cc1ccccc1F)C(=O)O. The molecule has 0 unspecified atom stereocenters. The highest BCUT2D eigenvalue weighted by atomic mass is 19.1. The van der Waals surface area contributed by atoms with Gasteiger partial charge in [-0.25, -0.2) is 4.39 Å². The van der Waals surface area contributed by atoms with Crippen molar-refractivity contribution in [3.63, 3.8) is 0 Å². The smallest absolute Gasteiger partial charge is 0.321 e. The molecule has 0 heterocycles. The first kappa shape index (κ1) is 13.6. The van der Waals surface area contributed by atoms with Crippen molar-refractivity contribution in [3.05, 3.63) is 35.6 Å². The Kier molecular flexibility index (Phi) is 5.10. The molecule has 1 N–H and O–H groups in total. The molecule has 17 heavy (non-hydrogen) atoms. The van der Waals surface area contributed by atoms with Gasteiger partial charge in [0.25, 0.3) is 0 Å². The molecule has 0 saturated heterocycles. The average Bonchev–Trinajstić information content (AvgIpc) is 2.31. The number of carbonyl (C=O) groups is 1. The molecule has 1 rings (SSSR count). The molecule has 1 aromatic rings. The molecule has 0 fully saturated rings. The Morgan fingerprint density at radius 3 is 2.41 bits per heavy atom. The molecule has 0 spiro atoms. The van der Waals surface area contributed by atoms with Crippen LogP contribution in [0.4, 0.5) is 4.39 Å². The van der Waals surface area contributed by atoms with Crippen molar-refractivity contribution in [2.24, 2.45) is 0 Å². The number of hydrogen-bond donors (Lipinski definition) is 1. The van der Waals surface area contributed by atoms with Crippen LogP contribution in [0, 0.1) is 5.82 Å². The van der Waals surface area contributed by atoms with Gasteiger partial charge in [-0.3, -0.25) is 9.69 Å². The molecule has 0 aliphatic carbocycles. The van der Waals surface area contributed by atoms with Gasteiger partial charge in [-0.15, -0.1) is 0 Å². The van der Waals surface area contributed by atoms with E-state index in [0.717, 1.165) is 0 Å². The molecule has 0 amide bonds. The van der Waals surface area contributed by atoms with E-state index in [4.69, 9.17) is 0 Å². The minimum Gasteiger partial charge on any atom is -0.480 e. The Bertz CT molecular complexity index is 377. The molecule has 1 aromatic carbocycles. The summed E-state index contributed by atoms with van der Waals surface area (Å²) in [5.41, 5.74) is 0.451. The van der Waals surface area contributed by atoms with Crippen molar-refractivity contribution in [1.82, 2.24) is 4.90 Å². The standard InChI is InChI=1S/C13H18FNO2/c1-3-15(4-2)12(13(16)17)9-10-7-5-6-8-11(10)14/h5-8,12H,3-4,9H2,1-2H3,(H,16,17)/t12-/m1/s1. The van der Waals surface area contributed by atoms with E-state index in [2.05, 4.69) is 0 Å². The Hall–Kier alpha value is -1.42. The van der Waals surface area contributed by atoms with Crippen LogP contribution in [0.25, 0.3) is 0 Å². The summed E-state index contributed by atoms with van der Waals surface area (Å²) in [7, 11) is 0. The van der Waals surface area contributed by atoms with Gasteiger partial charge in [-0.1, -0.05) is 32.0 Å². The summed E-state index contributed by atoms with van der Waals surface area (Å²) >= 11 is 0. The molecule has 3 nitrogen and oxygen atoms in total. The van der Waals surface area contributed by atoms with Crippen LogP contribution in [-0.2, 0) is 11.2 Å². The highest BCUT2D eigenvalue weighted by Crippen LogP contribution is 2.13. The molecule has 0 aliphatic rings. The van der Waals surface area contributed by atoms with Crippen molar-refractivity contribution < 1.29 is 14.3 Å². The van der Waals surface area contributed by atoms with E-state index in [1.54, 1.807) is 18.2 Å². The number of nitrogens with zero attached hydrogens (tertiary/aromatic N) is 1. The average molecular weight is 239 g/mol. The van der Waals surface area contributed by atoms with Crippen LogP contribution >= 0.6 is 0 Å². The van der Waals surface area contributed by atoms with Crippen LogP contribution < -0.4 is 0 Å². The van der Waals surface area contributed by atoms with Crippen LogP contribution in [0.3, 0.4) is 0 Å². The van der Waals surface area contributed by atoms with Crippen molar-refractivity contribution in [1.29, 1.82) is 0 Å². The van der Waals surface area contributed by atoms with Crippen molar-refractivity contribution in [2.45, 2.75) is 26.3 Å². The van der Waals surface area contributed by atoms with Crippen molar-refractivity contribution in [2.75, 3.05) is 13.1 Å². The zero-order chi connectivity index (χ0) is 12.8. The first-order valence-electron chi connectivity index (χ1n) is 5.80. The van der Waals surface area contributed by atoms with Crippen LogP contribution in [0.2, 0.25) is 0 Å². The lowest BCUT2D eigenvalue weighted by Crippen LogP contribution is -2.42. The van der Waals surface area contributed by atoms with Gasteiger partial charge in [0.05, 0.1) is 0 Å². The van der Waals surface area contributed by atoms with Gasteiger partial charge in [-0.05, 0) is 24.7 Å². The van der Waals surface area contributed by atoms with Gasteiger partial charge in [0, 0.05) is 6.42 Å². The maximum absolute atomic E-state index is 13.5. The van der Waals surface area contributed by atoms with Gasteiger partial charge in [-0.2, -0.15) is 0 Å². The molecule has 1 atom stereocenters. The summed E-state index contributed by atoms with van der Waals surface area (Å²) in [4.78, 5) is 13.0. The number of hydrogen-bond acceptors (Lipinski definition) is 2. The third kappa shape index (κ3) is 3.53. The number of likely N-dealkylation sites (N-methyl/N-ethyl adjacent to an activating group) is 1. The van der Waals surface area contributed by atoms with Crippen LogP contribution in [0.1, 0.15) is 19.4 Å². The van der Waals surface area contributed by atoms with E-state index < -0.39 is 12.0 Å². The van der Waals surface area contributed by atoms with Crippen molar-refractivity contribution >= 4 is 5.97 Å². The quantitative estimate of drug-likeness (QED) is 0.827. The first-order valence-corrected chi connectivity index (χ1v) is 5.80. The van der Waals surface area contributed by atoms with E-state index in [1.165, 1.54) is 6.07 Å². The van der Waals surface area contributed by atoms with E-state index >= 15 is 0 Å². The summed E-state index contributed by atoms with van der Waals surface area (Å²) in [6.07, 6.45) is 0.198. The number of benzene rings is 1. The zero-order valence-electron chi connectivity index (χ0n) is 10.2. The van der Waals surface area contributed by atoms with Gasteiger partial charge >= 0.3 is 5.97 Å². The number of carboxylic acid groups (broad SMARTS) is 1. The molecular formula is C13H18FNO2. The molecule has 0 saturated carbocycles. The monoisotopic (exact) mass is 239 g/mol. The fourth-order valence-corrected chi connectivity index (χ4v) is 1.91. The lowest BCUT2D eigenvalue weighted by Gasteiger charge is -2.26. The number of aliphatic carboxylic acids is 1. The highest BCUT2D eigenvalue weighted by molar-refractivity contribution is 5.74. The van der Waals surface area contributed by atoms with E-state index in [0.29, 0.717) is 18.7 Å². The topological polar surface area (TPSA) is 40.5 Å². The van der Waals surface area contributed by atoms with Crippen LogP contribution in [0.5, 0.6) is 0 Å². The summed E-state index contributed by atoms with van der Waals surface area (Å²) in [6.45, 7) is 5.09. The molecule has 0 radical (unpaired) electrons. The molecule has 0 bridgehead atoms. The third-order valence-corrected chi connectivity index (χ3v) is 2.91. The fraction of sp³-hybridized carbons (Fsp3) is 0.462. The second-order valence-electron chi connectivity index (χ2n) is 3.87. The predicted octanol–water partition coefficient (Wildman–Crippen LogP) is 2.16. The maximum atomic E-state index is 13.5. The van der Waals surface area contributed by atoms with E-state index in [1.807, 2.05) is 18.7 Å². The Morgan fingerprint density at radius 1 is 1.35 bits per heavy atom. The Morgan fingerprint density at radius 2 is 1.94 bits per heavy atom. The summed E-state index contributed by atoms with van der Waals surface area (Å²) < 4.78 is 13.5. The molecular weight excluding hydrogens is 221 g/mol. The largest absolute Gasteiger partial charge is 0.480 e. The lowest BCUT2D eigenvalue weighted by molar-refractivity contribution is -0.143. The van der Waals surface area contributed by atoms with Gasteiger partial charge in [0.2, 0.25) is 0 Å². The second kappa shape index (κ2) is 6.35. The molecule has 0 aromatic heterocycles. The summed E-state index contributed by atoms with van der Waals surface area (Å²) in [6, 6.07) is 5.65. The normalized spacial score (nSPS) is 12.7. The Balaban J connectivity index is 2.87. The minimum atomic E-state index is -0.906. The number of halogens is 1. The highest BCUT2D eigenvalue weighted by Gasteiger charge is 2.24. The molecule has 94 valence electrons. The third-order valence-electron chi connectivity index (χ3n) is 2.91. The summed E-state index contributed by atoms with van der Waals surface area (Å²) in [5.74, 6) is -1.25. The van der Waals surface area contributed by atoms with Crippen molar-refractivity contribution in [3.8, 4) is 0 Å². The van der Waals surface area contributed by atoms with E-state index in [9.17, 15) is 14.3 Å².